The molecule has 0 aliphatic carbocycles. The van der Waals surface area contributed by atoms with Crippen molar-refractivity contribution in [1.29, 1.82) is 0 Å². The second kappa shape index (κ2) is 12.7. The first-order valence-electron chi connectivity index (χ1n) is 10.8. The Morgan fingerprint density at radius 3 is 2.53 bits per heavy atom. The molecule has 0 aliphatic heterocycles. The maximum atomic E-state index is 12.2. The number of hydrogen-bond acceptors (Lipinski definition) is 5. The van der Waals surface area contributed by atoms with Crippen LogP contribution in [0.2, 0.25) is 0 Å². The van der Waals surface area contributed by atoms with Crippen molar-refractivity contribution in [3.05, 3.63) is 84.2 Å². The van der Waals surface area contributed by atoms with Crippen molar-refractivity contribution in [2.75, 3.05) is 19.4 Å². The molecule has 1 heterocycles. The minimum atomic E-state index is 0.000130. The number of ether oxygens (including phenoxy) is 1. The standard InChI is InChI=1S/C25H30N4O2S/c1-3-18-29-23(11-7-10-21-12-14-22(31-2)15-13-21)27-28-25(29)32-19-24(30)26-17-16-20-8-5-4-6-9-20/h3-6,8-9,12-15H,1,7,10-11,16-19H2,2H3,(H,26,30). The summed E-state index contributed by atoms with van der Waals surface area (Å²) in [5.74, 6) is 2.10. The van der Waals surface area contributed by atoms with E-state index in [0.29, 0.717) is 18.8 Å². The lowest BCUT2D eigenvalue weighted by atomic mass is 10.1. The van der Waals surface area contributed by atoms with Gasteiger partial charge >= 0.3 is 0 Å². The van der Waals surface area contributed by atoms with E-state index in [2.05, 4.69) is 46.4 Å². The molecule has 0 spiro atoms. The SMILES string of the molecule is C=CCn1c(CCCc2ccc(OC)cc2)nnc1SCC(=O)NCCc1ccccc1. The summed E-state index contributed by atoms with van der Waals surface area (Å²) in [5, 5.41) is 12.4. The van der Waals surface area contributed by atoms with Gasteiger partial charge in [0.2, 0.25) is 5.91 Å². The fraction of sp³-hybridized carbons (Fsp3) is 0.320. The van der Waals surface area contributed by atoms with Crippen molar-refractivity contribution in [3.8, 4) is 5.75 Å². The van der Waals surface area contributed by atoms with E-state index in [4.69, 9.17) is 4.74 Å². The molecule has 0 radical (unpaired) electrons. The van der Waals surface area contributed by atoms with Crippen LogP contribution < -0.4 is 10.1 Å². The molecule has 32 heavy (non-hydrogen) atoms. The molecule has 0 atom stereocenters. The summed E-state index contributed by atoms with van der Waals surface area (Å²) in [4.78, 5) is 12.2. The molecule has 0 unspecified atom stereocenters. The van der Waals surface area contributed by atoms with Crippen molar-refractivity contribution < 1.29 is 9.53 Å². The second-order valence-corrected chi connectivity index (χ2v) is 8.32. The van der Waals surface area contributed by atoms with Gasteiger partial charge in [-0.1, -0.05) is 60.3 Å². The van der Waals surface area contributed by atoms with Crippen molar-refractivity contribution >= 4 is 17.7 Å². The quantitative estimate of drug-likeness (QED) is 0.314. The third-order valence-electron chi connectivity index (χ3n) is 5.04. The number of nitrogens with one attached hydrogen (secondary N) is 1. The van der Waals surface area contributed by atoms with Gasteiger partial charge in [0.1, 0.15) is 11.6 Å². The van der Waals surface area contributed by atoms with Gasteiger partial charge in [-0.2, -0.15) is 0 Å². The van der Waals surface area contributed by atoms with Gasteiger partial charge in [-0.05, 0) is 42.5 Å². The Kier molecular flexibility index (Phi) is 9.37. The van der Waals surface area contributed by atoms with Crippen molar-refractivity contribution in [1.82, 2.24) is 20.1 Å². The van der Waals surface area contributed by atoms with E-state index >= 15 is 0 Å². The predicted octanol–water partition coefficient (Wildman–Crippen LogP) is 4.10. The molecule has 2 aromatic carbocycles. The molecule has 6 nitrogen and oxygen atoms in total. The molecule has 7 heteroatoms. The number of methoxy groups -OCH3 is 1. The minimum Gasteiger partial charge on any atom is -0.497 e. The Balaban J connectivity index is 1.46. The highest BCUT2D eigenvalue weighted by molar-refractivity contribution is 7.99. The third-order valence-corrected chi connectivity index (χ3v) is 6.01. The highest BCUT2D eigenvalue weighted by Gasteiger charge is 2.13. The Bertz CT molecular complexity index is 987. The molecular weight excluding hydrogens is 420 g/mol. The maximum Gasteiger partial charge on any atom is 0.230 e. The topological polar surface area (TPSA) is 69.0 Å². The molecule has 1 N–H and O–H groups in total. The van der Waals surface area contributed by atoms with Crippen molar-refractivity contribution in [2.45, 2.75) is 37.4 Å². The lowest BCUT2D eigenvalue weighted by molar-refractivity contribution is -0.118. The Labute approximate surface area is 194 Å². The van der Waals surface area contributed by atoms with Gasteiger partial charge in [-0.15, -0.1) is 16.8 Å². The largest absolute Gasteiger partial charge is 0.497 e. The van der Waals surface area contributed by atoms with Crippen LogP contribution in [-0.4, -0.2) is 40.1 Å². The fourth-order valence-corrected chi connectivity index (χ4v) is 4.13. The number of hydrogen-bond donors (Lipinski definition) is 1. The summed E-state index contributed by atoms with van der Waals surface area (Å²) in [7, 11) is 1.67. The molecular formula is C25H30N4O2S. The van der Waals surface area contributed by atoms with Gasteiger partial charge in [0.05, 0.1) is 12.9 Å². The normalized spacial score (nSPS) is 10.7. The first kappa shape index (κ1) is 23.6. The number of aryl methyl sites for hydroxylation is 2. The Hall–Kier alpha value is -3.06. The van der Waals surface area contributed by atoms with Crippen LogP contribution >= 0.6 is 11.8 Å². The molecule has 1 aromatic heterocycles. The van der Waals surface area contributed by atoms with Crippen LogP contribution in [0.15, 0.2) is 72.4 Å². The first-order chi connectivity index (χ1) is 15.7. The van der Waals surface area contributed by atoms with E-state index in [1.165, 1.54) is 22.9 Å². The Morgan fingerprint density at radius 1 is 1.06 bits per heavy atom. The predicted molar refractivity (Wildman–Crippen MR) is 129 cm³/mol. The zero-order valence-electron chi connectivity index (χ0n) is 18.5. The number of aromatic nitrogens is 3. The number of carbonyl (C=O) groups is 1. The summed E-state index contributed by atoms with van der Waals surface area (Å²) in [5.41, 5.74) is 2.48. The van der Waals surface area contributed by atoms with Crippen LogP contribution in [0.1, 0.15) is 23.4 Å². The van der Waals surface area contributed by atoms with Crippen LogP contribution in [0.3, 0.4) is 0 Å². The second-order valence-electron chi connectivity index (χ2n) is 7.37. The lowest BCUT2D eigenvalue weighted by Gasteiger charge is -2.08. The van der Waals surface area contributed by atoms with E-state index in [1.54, 1.807) is 7.11 Å². The van der Waals surface area contributed by atoms with Gasteiger partial charge < -0.3 is 14.6 Å². The highest BCUT2D eigenvalue weighted by atomic mass is 32.2. The van der Waals surface area contributed by atoms with E-state index in [0.717, 1.165) is 42.4 Å². The number of nitrogens with zero attached hydrogens (tertiary/aromatic N) is 3. The summed E-state index contributed by atoms with van der Waals surface area (Å²) in [6, 6.07) is 18.3. The van der Waals surface area contributed by atoms with Crippen LogP contribution in [-0.2, 0) is 30.6 Å². The average Bonchev–Trinajstić information content (AvgIpc) is 3.20. The first-order valence-corrected chi connectivity index (χ1v) is 11.8. The van der Waals surface area contributed by atoms with Crippen LogP contribution in [0.5, 0.6) is 5.75 Å². The van der Waals surface area contributed by atoms with Gasteiger partial charge in [0.15, 0.2) is 5.16 Å². The number of thioether (sulfide) groups is 1. The summed E-state index contributed by atoms with van der Waals surface area (Å²) in [6.45, 7) is 5.10. The van der Waals surface area contributed by atoms with Gasteiger partial charge in [0.25, 0.3) is 0 Å². The molecule has 0 fully saturated rings. The average molecular weight is 451 g/mol. The minimum absolute atomic E-state index is 0.000130. The van der Waals surface area contributed by atoms with E-state index in [9.17, 15) is 4.79 Å². The summed E-state index contributed by atoms with van der Waals surface area (Å²) >= 11 is 1.41. The molecule has 3 aromatic rings. The van der Waals surface area contributed by atoms with Gasteiger partial charge in [-0.25, -0.2) is 0 Å². The van der Waals surface area contributed by atoms with Crippen molar-refractivity contribution in [2.24, 2.45) is 0 Å². The van der Waals surface area contributed by atoms with E-state index in [-0.39, 0.29) is 5.91 Å². The molecule has 0 bridgehead atoms. The van der Waals surface area contributed by atoms with E-state index in [1.807, 2.05) is 41.0 Å². The number of benzene rings is 2. The number of carbonyl (C=O) groups excluding carboxylic acids is 1. The molecule has 1 amide bonds. The molecule has 168 valence electrons. The fourth-order valence-electron chi connectivity index (χ4n) is 3.34. The zero-order valence-corrected chi connectivity index (χ0v) is 19.3. The molecule has 0 aliphatic rings. The molecule has 0 saturated carbocycles. The third kappa shape index (κ3) is 7.27. The van der Waals surface area contributed by atoms with Gasteiger partial charge in [-0.3, -0.25) is 4.79 Å². The monoisotopic (exact) mass is 450 g/mol. The lowest BCUT2D eigenvalue weighted by Crippen LogP contribution is -2.27. The number of rotatable bonds is 13. The zero-order chi connectivity index (χ0) is 22.6. The smallest absolute Gasteiger partial charge is 0.230 e. The highest BCUT2D eigenvalue weighted by Crippen LogP contribution is 2.19. The van der Waals surface area contributed by atoms with Crippen LogP contribution in [0.25, 0.3) is 0 Å². The maximum absolute atomic E-state index is 12.2. The van der Waals surface area contributed by atoms with Crippen LogP contribution in [0.4, 0.5) is 0 Å². The molecule has 3 rings (SSSR count). The van der Waals surface area contributed by atoms with Crippen LogP contribution in [0, 0.1) is 0 Å². The number of allylic oxidation sites excluding steroid dienone is 1. The van der Waals surface area contributed by atoms with Gasteiger partial charge in [0, 0.05) is 19.5 Å². The molecule has 0 saturated heterocycles. The van der Waals surface area contributed by atoms with Crippen molar-refractivity contribution in [3.63, 3.8) is 0 Å². The Morgan fingerprint density at radius 2 is 1.81 bits per heavy atom. The summed E-state index contributed by atoms with van der Waals surface area (Å²) < 4.78 is 7.25. The number of amides is 1. The van der Waals surface area contributed by atoms with E-state index < -0.39 is 0 Å². The summed E-state index contributed by atoms with van der Waals surface area (Å²) in [6.07, 6.45) is 5.39.